The lowest BCUT2D eigenvalue weighted by Crippen LogP contribution is -2.15. The van der Waals surface area contributed by atoms with E-state index < -0.39 is 10.0 Å². The molecule has 21 heavy (non-hydrogen) atoms. The smallest absolute Gasteiger partial charge is 0.262 e. The Labute approximate surface area is 126 Å². The number of nitrogens with one attached hydrogen (secondary N) is 1. The second-order valence-corrected chi connectivity index (χ2v) is 6.78. The zero-order chi connectivity index (χ0) is 15.6. The zero-order valence-electron chi connectivity index (χ0n) is 12.5. The number of nitrogens with two attached hydrogens (primary N) is 1. The molecule has 5 heteroatoms. The molecule has 0 aromatic heterocycles. The fourth-order valence-corrected chi connectivity index (χ4v) is 3.57. The fraction of sp³-hybridized carbons (Fsp3) is 0.250. The van der Waals surface area contributed by atoms with Crippen LogP contribution in [0.25, 0.3) is 0 Å². The van der Waals surface area contributed by atoms with Crippen molar-refractivity contribution in [1.29, 1.82) is 0 Å². The van der Waals surface area contributed by atoms with Crippen LogP contribution in [0.15, 0.2) is 41.3 Å². The molecule has 3 N–H and O–H groups in total. The summed E-state index contributed by atoms with van der Waals surface area (Å²) in [6.07, 6.45) is 0.917. The second-order valence-electron chi connectivity index (χ2n) is 5.13. The summed E-state index contributed by atoms with van der Waals surface area (Å²) in [5, 5.41) is 0. The van der Waals surface area contributed by atoms with Crippen molar-refractivity contribution in [3.05, 3.63) is 53.1 Å². The Morgan fingerprint density at radius 1 is 1.10 bits per heavy atom. The predicted octanol–water partition coefficient (Wildman–Crippen LogP) is 3.25. The Morgan fingerprint density at radius 3 is 2.29 bits per heavy atom. The summed E-state index contributed by atoms with van der Waals surface area (Å²) in [5.41, 5.74) is 9.44. The van der Waals surface area contributed by atoms with Gasteiger partial charge in [0.1, 0.15) is 0 Å². The second kappa shape index (κ2) is 5.77. The number of sulfonamides is 1. The summed E-state index contributed by atoms with van der Waals surface area (Å²) in [7, 11) is -3.64. The van der Waals surface area contributed by atoms with E-state index >= 15 is 0 Å². The van der Waals surface area contributed by atoms with Gasteiger partial charge in [-0.3, -0.25) is 4.72 Å². The summed E-state index contributed by atoms with van der Waals surface area (Å²) >= 11 is 0. The van der Waals surface area contributed by atoms with Crippen LogP contribution in [-0.2, 0) is 16.4 Å². The molecule has 2 aromatic rings. The summed E-state index contributed by atoms with van der Waals surface area (Å²) in [5.74, 6) is 0. The van der Waals surface area contributed by atoms with E-state index in [-0.39, 0.29) is 4.90 Å². The molecule has 0 heterocycles. The van der Waals surface area contributed by atoms with E-state index in [1.165, 1.54) is 0 Å². The quantitative estimate of drug-likeness (QED) is 0.852. The van der Waals surface area contributed by atoms with Gasteiger partial charge in [0.05, 0.1) is 4.90 Å². The highest BCUT2D eigenvalue weighted by Gasteiger charge is 2.18. The first-order valence-corrected chi connectivity index (χ1v) is 8.30. The topological polar surface area (TPSA) is 72.2 Å². The van der Waals surface area contributed by atoms with Gasteiger partial charge in [-0.25, -0.2) is 8.42 Å². The molecule has 0 fully saturated rings. The molecule has 0 unspecified atom stereocenters. The number of anilines is 2. The first kappa shape index (κ1) is 15.4. The van der Waals surface area contributed by atoms with E-state index in [1.807, 2.05) is 19.1 Å². The first-order valence-electron chi connectivity index (χ1n) is 6.82. The van der Waals surface area contributed by atoms with Crippen molar-refractivity contribution >= 4 is 21.4 Å². The standard InChI is InChI=1S/C16H20N2O2S/c1-4-13-5-7-14(8-6-13)18-21(19,20)16-10-11(2)9-15(17)12(16)3/h5-10,18H,4,17H2,1-3H3. The van der Waals surface area contributed by atoms with Gasteiger partial charge in [-0.05, 0) is 61.2 Å². The van der Waals surface area contributed by atoms with Crippen molar-refractivity contribution in [2.75, 3.05) is 10.5 Å². The highest BCUT2D eigenvalue weighted by Crippen LogP contribution is 2.25. The summed E-state index contributed by atoms with van der Waals surface area (Å²) in [4.78, 5) is 0.222. The maximum atomic E-state index is 12.5. The van der Waals surface area contributed by atoms with Crippen molar-refractivity contribution in [1.82, 2.24) is 0 Å². The van der Waals surface area contributed by atoms with Gasteiger partial charge in [0.15, 0.2) is 0 Å². The van der Waals surface area contributed by atoms with Crippen LogP contribution in [0.1, 0.15) is 23.6 Å². The first-order chi connectivity index (χ1) is 9.83. The largest absolute Gasteiger partial charge is 0.398 e. The summed E-state index contributed by atoms with van der Waals surface area (Å²) in [6, 6.07) is 10.8. The lowest BCUT2D eigenvalue weighted by Gasteiger charge is -2.13. The van der Waals surface area contributed by atoms with Crippen molar-refractivity contribution in [2.45, 2.75) is 32.1 Å². The number of aryl methyl sites for hydroxylation is 2. The molecule has 0 aliphatic carbocycles. The molecule has 0 aliphatic rings. The normalized spacial score (nSPS) is 11.4. The Bertz CT molecular complexity index is 751. The molecule has 0 amide bonds. The number of hydrogen-bond donors (Lipinski definition) is 2. The van der Waals surface area contributed by atoms with Gasteiger partial charge in [-0.2, -0.15) is 0 Å². The third-order valence-corrected chi connectivity index (χ3v) is 4.96. The average molecular weight is 304 g/mol. The minimum absolute atomic E-state index is 0.222. The fourth-order valence-electron chi connectivity index (χ4n) is 2.15. The van der Waals surface area contributed by atoms with E-state index in [9.17, 15) is 8.42 Å². The van der Waals surface area contributed by atoms with Crippen molar-refractivity contribution in [2.24, 2.45) is 0 Å². The van der Waals surface area contributed by atoms with Crippen molar-refractivity contribution < 1.29 is 8.42 Å². The molecule has 0 radical (unpaired) electrons. The van der Waals surface area contributed by atoms with E-state index in [2.05, 4.69) is 11.6 Å². The molecule has 0 aliphatic heterocycles. The Kier molecular flexibility index (Phi) is 4.23. The van der Waals surface area contributed by atoms with Crippen LogP contribution in [0, 0.1) is 13.8 Å². The molecule has 112 valence electrons. The molecule has 0 spiro atoms. The third-order valence-electron chi connectivity index (χ3n) is 3.45. The zero-order valence-corrected chi connectivity index (χ0v) is 13.3. The highest BCUT2D eigenvalue weighted by atomic mass is 32.2. The molecular formula is C16H20N2O2S. The predicted molar refractivity (Wildman–Crippen MR) is 87.0 cm³/mol. The van der Waals surface area contributed by atoms with Crippen LogP contribution in [-0.4, -0.2) is 8.42 Å². The van der Waals surface area contributed by atoms with Gasteiger partial charge < -0.3 is 5.73 Å². The number of rotatable bonds is 4. The van der Waals surface area contributed by atoms with Gasteiger partial charge in [0.25, 0.3) is 10.0 Å². The minimum atomic E-state index is -3.64. The Morgan fingerprint density at radius 2 is 1.71 bits per heavy atom. The van der Waals surface area contributed by atoms with Crippen LogP contribution in [0.5, 0.6) is 0 Å². The average Bonchev–Trinajstić information content (AvgIpc) is 2.43. The van der Waals surface area contributed by atoms with Gasteiger partial charge in [0.2, 0.25) is 0 Å². The van der Waals surface area contributed by atoms with Crippen LogP contribution in [0.3, 0.4) is 0 Å². The lowest BCUT2D eigenvalue weighted by molar-refractivity contribution is 0.600. The van der Waals surface area contributed by atoms with E-state index in [0.29, 0.717) is 16.9 Å². The molecule has 0 atom stereocenters. The van der Waals surface area contributed by atoms with Crippen LogP contribution >= 0.6 is 0 Å². The third kappa shape index (κ3) is 3.36. The highest BCUT2D eigenvalue weighted by molar-refractivity contribution is 7.92. The SMILES string of the molecule is CCc1ccc(NS(=O)(=O)c2cc(C)cc(N)c2C)cc1. The van der Waals surface area contributed by atoms with Gasteiger partial charge in [-0.15, -0.1) is 0 Å². The van der Waals surface area contributed by atoms with E-state index in [1.54, 1.807) is 31.2 Å². The Balaban J connectivity index is 2.38. The number of hydrogen-bond acceptors (Lipinski definition) is 3. The van der Waals surface area contributed by atoms with E-state index in [0.717, 1.165) is 17.5 Å². The summed E-state index contributed by atoms with van der Waals surface area (Å²) in [6.45, 7) is 5.59. The maximum Gasteiger partial charge on any atom is 0.262 e. The van der Waals surface area contributed by atoms with Crippen molar-refractivity contribution in [3.8, 4) is 0 Å². The molecule has 2 rings (SSSR count). The van der Waals surface area contributed by atoms with Gasteiger partial charge >= 0.3 is 0 Å². The number of nitrogen functional groups attached to an aromatic ring is 1. The van der Waals surface area contributed by atoms with Gasteiger partial charge in [0, 0.05) is 11.4 Å². The molecule has 2 aromatic carbocycles. The van der Waals surface area contributed by atoms with E-state index in [4.69, 9.17) is 5.73 Å². The lowest BCUT2D eigenvalue weighted by atomic mass is 10.1. The molecule has 0 saturated carbocycles. The van der Waals surface area contributed by atoms with Crippen LogP contribution < -0.4 is 10.5 Å². The molecular weight excluding hydrogens is 284 g/mol. The van der Waals surface area contributed by atoms with Gasteiger partial charge in [-0.1, -0.05) is 19.1 Å². The number of benzene rings is 2. The van der Waals surface area contributed by atoms with Crippen molar-refractivity contribution in [3.63, 3.8) is 0 Å². The summed E-state index contributed by atoms with van der Waals surface area (Å²) < 4.78 is 27.6. The maximum absolute atomic E-state index is 12.5. The van der Waals surface area contributed by atoms with Crippen LogP contribution in [0.2, 0.25) is 0 Å². The minimum Gasteiger partial charge on any atom is -0.398 e. The monoisotopic (exact) mass is 304 g/mol. The van der Waals surface area contributed by atoms with Crippen LogP contribution in [0.4, 0.5) is 11.4 Å². The molecule has 0 bridgehead atoms. The molecule has 0 saturated heterocycles. The Hall–Kier alpha value is -2.01. The molecule has 4 nitrogen and oxygen atoms in total.